The molecule has 2 aliphatic heterocycles. The normalized spacial score (nSPS) is 19.2. The molecule has 1 aromatic rings. The van der Waals surface area contributed by atoms with E-state index in [1.165, 1.54) is 0 Å². The Bertz CT molecular complexity index is 736. The third-order valence-corrected chi connectivity index (χ3v) is 4.80. The lowest BCUT2D eigenvalue weighted by Crippen LogP contribution is -2.58. The van der Waals surface area contributed by atoms with Crippen molar-refractivity contribution < 1.29 is 19.0 Å². The van der Waals surface area contributed by atoms with Crippen LogP contribution in [0.2, 0.25) is 0 Å². The van der Waals surface area contributed by atoms with Crippen molar-refractivity contribution in [2.75, 3.05) is 39.8 Å². The molecule has 9 heteroatoms. The van der Waals surface area contributed by atoms with Crippen LogP contribution in [0.1, 0.15) is 27.7 Å². The summed E-state index contributed by atoms with van der Waals surface area (Å²) in [6.45, 7) is 11.0. The molecule has 2 atom stereocenters. The highest BCUT2D eigenvalue weighted by molar-refractivity contribution is 14.0. The zero-order chi connectivity index (χ0) is 21.0. The number of guanidine groups is 1. The van der Waals surface area contributed by atoms with E-state index in [9.17, 15) is 4.79 Å². The molecule has 3 rings (SSSR count). The van der Waals surface area contributed by atoms with Gasteiger partial charge in [0.25, 0.3) is 0 Å². The van der Waals surface area contributed by atoms with Crippen molar-refractivity contribution in [3.63, 3.8) is 0 Å². The Hall–Kier alpha value is -1.91. The number of carbonyl (C=O) groups excluding carboxylic acids is 1. The SMILES string of the molecule is COc1ccc(OC(C)CNC2=NCC3CN(C(=O)OC(C)(C)C)CCN23)cc1.I. The Morgan fingerprint density at radius 1 is 1.23 bits per heavy atom. The number of carbonyl (C=O) groups is 1. The number of nitrogens with zero attached hydrogens (tertiary/aromatic N) is 3. The van der Waals surface area contributed by atoms with E-state index >= 15 is 0 Å². The van der Waals surface area contributed by atoms with E-state index in [0.29, 0.717) is 26.2 Å². The molecule has 1 N–H and O–H groups in total. The van der Waals surface area contributed by atoms with Crippen molar-refractivity contribution in [2.24, 2.45) is 4.99 Å². The van der Waals surface area contributed by atoms with Gasteiger partial charge in [0.2, 0.25) is 0 Å². The van der Waals surface area contributed by atoms with E-state index in [4.69, 9.17) is 14.2 Å². The molecule has 0 spiro atoms. The zero-order valence-corrected chi connectivity index (χ0v) is 20.7. The van der Waals surface area contributed by atoms with Gasteiger partial charge in [0.05, 0.1) is 26.2 Å². The minimum Gasteiger partial charge on any atom is -0.497 e. The summed E-state index contributed by atoms with van der Waals surface area (Å²) in [5.74, 6) is 2.49. The molecule has 1 fully saturated rings. The number of halogens is 1. The largest absolute Gasteiger partial charge is 0.497 e. The van der Waals surface area contributed by atoms with Crippen LogP contribution in [0.25, 0.3) is 0 Å². The highest BCUT2D eigenvalue weighted by Gasteiger charge is 2.36. The summed E-state index contributed by atoms with van der Waals surface area (Å²) in [4.78, 5) is 21.0. The number of aliphatic imine (C=N–C) groups is 1. The van der Waals surface area contributed by atoms with Gasteiger partial charge in [0, 0.05) is 19.6 Å². The number of nitrogens with one attached hydrogen (secondary N) is 1. The van der Waals surface area contributed by atoms with E-state index in [0.717, 1.165) is 24.0 Å². The number of amides is 1. The van der Waals surface area contributed by atoms with E-state index in [-0.39, 0.29) is 42.2 Å². The maximum absolute atomic E-state index is 12.3. The number of ether oxygens (including phenoxy) is 3. The second kappa shape index (κ2) is 10.4. The van der Waals surface area contributed by atoms with Gasteiger partial charge in [0.1, 0.15) is 23.2 Å². The maximum atomic E-state index is 12.3. The summed E-state index contributed by atoms with van der Waals surface area (Å²) < 4.78 is 16.6. The van der Waals surface area contributed by atoms with Crippen molar-refractivity contribution in [3.8, 4) is 11.5 Å². The van der Waals surface area contributed by atoms with Gasteiger partial charge in [-0.3, -0.25) is 4.99 Å². The molecular formula is C21H33IN4O4. The van der Waals surface area contributed by atoms with Gasteiger partial charge < -0.3 is 29.3 Å². The summed E-state index contributed by atoms with van der Waals surface area (Å²) in [5.41, 5.74) is -0.479. The van der Waals surface area contributed by atoms with Crippen LogP contribution in [-0.4, -0.2) is 79.4 Å². The predicted molar refractivity (Wildman–Crippen MR) is 127 cm³/mol. The van der Waals surface area contributed by atoms with Crippen molar-refractivity contribution in [1.82, 2.24) is 15.1 Å². The van der Waals surface area contributed by atoms with E-state index in [1.54, 1.807) is 12.0 Å². The predicted octanol–water partition coefficient (Wildman–Crippen LogP) is 2.96. The number of rotatable bonds is 5. The van der Waals surface area contributed by atoms with Gasteiger partial charge in [-0.1, -0.05) is 0 Å². The highest BCUT2D eigenvalue weighted by atomic mass is 127. The fourth-order valence-corrected chi connectivity index (χ4v) is 3.39. The third-order valence-electron chi connectivity index (χ3n) is 4.80. The first kappa shape index (κ1) is 24.4. The minimum atomic E-state index is -0.479. The first-order valence-corrected chi connectivity index (χ1v) is 10.1. The van der Waals surface area contributed by atoms with Crippen molar-refractivity contribution in [2.45, 2.75) is 45.4 Å². The van der Waals surface area contributed by atoms with Gasteiger partial charge in [-0.2, -0.15) is 0 Å². The molecule has 0 radical (unpaired) electrons. The van der Waals surface area contributed by atoms with Gasteiger partial charge in [-0.15, -0.1) is 24.0 Å². The Kier molecular flexibility index (Phi) is 8.45. The fourth-order valence-electron chi connectivity index (χ4n) is 3.39. The Morgan fingerprint density at radius 2 is 1.90 bits per heavy atom. The molecule has 8 nitrogen and oxygen atoms in total. The molecule has 2 aliphatic rings. The Balaban J connectivity index is 0.00000320. The lowest BCUT2D eigenvalue weighted by Gasteiger charge is -2.39. The number of hydrogen-bond acceptors (Lipinski definition) is 7. The molecule has 0 aromatic heterocycles. The van der Waals surface area contributed by atoms with Crippen molar-refractivity contribution in [3.05, 3.63) is 24.3 Å². The van der Waals surface area contributed by atoms with E-state index in [1.807, 2.05) is 52.0 Å². The lowest BCUT2D eigenvalue weighted by molar-refractivity contribution is 0.0137. The number of piperazine rings is 1. The summed E-state index contributed by atoms with van der Waals surface area (Å²) in [7, 11) is 1.64. The smallest absolute Gasteiger partial charge is 0.410 e. The Labute approximate surface area is 196 Å². The third kappa shape index (κ3) is 6.55. The number of fused-ring (bicyclic) bond motifs is 1. The second-order valence-electron chi connectivity index (χ2n) is 8.42. The molecule has 1 aromatic carbocycles. The maximum Gasteiger partial charge on any atom is 0.410 e. The van der Waals surface area contributed by atoms with Crippen LogP contribution < -0.4 is 14.8 Å². The summed E-state index contributed by atoms with van der Waals surface area (Å²) >= 11 is 0. The molecule has 1 amide bonds. The summed E-state index contributed by atoms with van der Waals surface area (Å²) in [5, 5.41) is 3.40. The minimum absolute atomic E-state index is 0. The summed E-state index contributed by atoms with van der Waals surface area (Å²) in [6, 6.07) is 7.75. The molecule has 168 valence electrons. The van der Waals surface area contributed by atoms with E-state index in [2.05, 4.69) is 15.2 Å². The van der Waals surface area contributed by atoms with Gasteiger partial charge >= 0.3 is 6.09 Å². The van der Waals surface area contributed by atoms with Crippen LogP contribution in [0, 0.1) is 0 Å². The van der Waals surface area contributed by atoms with Crippen LogP contribution >= 0.6 is 24.0 Å². The van der Waals surface area contributed by atoms with E-state index < -0.39 is 5.60 Å². The molecule has 2 heterocycles. The molecule has 1 saturated heterocycles. The number of methoxy groups -OCH3 is 1. The van der Waals surface area contributed by atoms with Gasteiger partial charge in [-0.05, 0) is 52.0 Å². The second-order valence-corrected chi connectivity index (χ2v) is 8.42. The summed E-state index contributed by atoms with van der Waals surface area (Å²) in [6.07, 6.45) is -0.270. The molecule has 30 heavy (non-hydrogen) atoms. The average Bonchev–Trinajstić information content (AvgIpc) is 3.08. The van der Waals surface area contributed by atoms with Crippen molar-refractivity contribution >= 4 is 36.0 Å². The van der Waals surface area contributed by atoms with Crippen LogP contribution in [0.5, 0.6) is 11.5 Å². The van der Waals surface area contributed by atoms with Gasteiger partial charge in [-0.25, -0.2) is 4.79 Å². The quantitative estimate of drug-likeness (QED) is 0.588. The number of hydrogen-bond donors (Lipinski definition) is 1. The zero-order valence-electron chi connectivity index (χ0n) is 18.4. The van der Waals surface area contributed by atoms with Crippen LogP contribution in [0.4, 0.5) is 4.79 Å². The fraction of sp³-hybridized carbons (Fsp3) is 0.619. The average molecular weight is 532 g/mol. The molecule has 0 bridgehead atoms. The van der Waals surface area contributed by atoms with Crippen LogP contribution in [0.15, 0.2) is 29.3 Å². The van der Waals surface area contributed by atoms with Crippen LogP contribution in [0.3, 0.4) is 0 Å². The number of benzene rings is 1. The molecule has 0 aliphatic carbocycles. The van der Waals surface area contributed by atoms with Crippen LogP contribution in [-0.2, 0) is 4.74 Å². The highest BCUT2D eigenvalue weighted by Crippen LogP contribution is 2.20. The molecule has 2 unspecified atom stereocenters. The van der Waals surface area contributed by atoms with Crippen molar-refractivity contribution in [1.29, 1.82) is 0 Å². The molecular weight excluding hydrogens is 499 g/mol. The topological polar surface area (TPSA) is 75.6 Å². The Morgan fingerprint density at radius 3 is 2.53 bits per heavy atom. The lowest BCUT2D eigenvalue weighted by atomic mass is 10.2. The first-order chi connectivity index (χ1) is 13.7. The van der Waals surface area contributed by atoms with Gasteiger partial charge in [0.15, 0.2) is 5.96 Å². The monoisotopic (exact) mass is 532 g/mol. The standard InChI is InChI=1S/C21H32N4O4.HI/c1-15(28-18-8-6-17(27-5)7-9-18)12-22-19-23-13-16-14-24(10-11-25(16)19)20(26)29-21(2,3)4;/h6-9,15-16H,10-14H2,1-5H3,(H,22,23);1H. The molecule has 0 saturated carbocycles. The first-order valence-electron chi connectivity index (χ1n) is 10.1.